The predicted octanol–water partition coefficient (Wildman–Crippen LogP) is 2.57. The first kappa shape index (κ1) is 14.4. The van der Waals surface area contributed by atoms with Gasteiger partial charge < -0.3 is 10.8 Å². The summed E-state index contributed by atoms with van der Waals surface area (Å²) in [7, 11) is -3.95. The van der Waals surface area contributed by atoms with E-state index < -0.39 is 15.8 Å². The lowest BCUT2D eigenvalue weighted by molar-refractivity contribution is 0.477. The zero-order valence-electron chi connectivity index (χ0n) is 9.97. The zero-order chi connectivity index (χ0) is 14.9. The monoisotopic (exact) mass is 316 g/mol. The molecule has 0 saturated carbocycles. The minimum atomic E-state index is -3.95. The van der Waals surface area contributed by atoms with Crippen molar-refractivity contribution in [2.75, 3.05) is 10.5 Å². The maximum atomic E-state index is 13.2. The molecule has 0 saturated heterocycles. The van der Waals surface area contributed by atoms with Crippen LogP contribution >= 0.6 is 11.6 Å². The van der Waals surface area contributed by atoms with Crippen LogP contribution in [0.5, 0.6) is 5.75 Å². The maximum Gasteiger partial charge on any atom is 0.261 e. The van der Waals surface area contributed by atoms with Crippen molar-refractivity contribution in [2.45, 2.75) is 4.90 Å². The van der Waals surface area contributed by atoms with Crippen LogP contribution < -0.4 is 10.5 Å². The number of halogens is 2. The fourth-order valence-electron chi connectivity index (χ4n) is 1.53. The number of phenolic OH excluding ortho intramolecular Hbond substituents is 1. The minimum absolute atomic E-state index is 0.0124. The highest BCUT2D eigenvalue weighted by Crippen LogP contribution is 2.25. The van der Waals surface area contributed by atoms with E-state index in [1.54, 1.807) is 0 Å². The van der Waals surface area contributed by atoms with Gasteiger partial charge in [-0.05, 0) is 36.4 Å². The fourth-order valence-corrected chi connectivity index (χ4v) is 2.82. The number of sulfonamides is 1. The molecule has 4 N–H and O–H groups in total. The fraction of sp³-hybridized carbons (Fsp3) is 0. The maximum absolute atomic E-state index is 13.2. The summed E-state index contributed by atoms with van der Waals surface area (Å²) in [6.45, 7) is 0. The van der Waals surface area contributed by atoms with E-state index in [2.05, 4.69) is 4.72 Å². The summed E-state index contributed by atoms with van der Waals surface area (Å²) in [5.41, 5.74) is 5.34. The van der Waals surface area contributed by atoms with Gasteiger partial charge in [0.15, 0.2) is 0 Å². The molecule has 0 bridgehead atoms. The quantitative estimate of drug-likeness (QED) is 0.599. The van der Waals surface area contributed by atoms with Gasteiger partial charge in [0, 0.05) is 5.02 Å². The summed E-state index contributed by atoms with van der Waals surface area (Å²) in [4.78, 5) is -0.159. The summed E-state index contributed by atoms with van der Waals surface area (Å²) in [6.07, 6.45) is 0. The van der Waals surface area contributed by atoms with Gasteiger partial charge in [-0.15, -0.1) is 0 Å². The number of anilines is 2. The third kappa shape index (κ3) is 3.12. The van der Waals surface area contributed by atoms with Gasteiger partial charge >= 0.3 is 0 Å². The van der Waals surface area contributed by atoms with Gasteiger partial charge in [-0.3, -0.25) is 4.72 Å². The van der Waals surface area contributed by atoms with Crippen LogP contribution in [0.4, 0.5) is 15.8 Å². The Morgan fingerprint density at radius 3 is 2.50 bits per heavy atom. The second kappa shape index (κ2) is 5.18. The molecular formula is C12H10ClFN2O3S. The number of hydrogen-bond acceptors (Lipinski definition) is 4. The zero-order valence-corrected chi connectivity index (χ0v) is 11.5. The van der Waals surface area contributed by atoms with Crippen molar-refractivity contribution in [2.24, 2.45) is 0 Å². The predicted molar refractivity (Wildman–Crippen MR) is 74.7 cm³/mol. The molecule has 0 fully saturated rings. The van der Waals surface area contributed by atoms with E-state index in [0.29, 0.717) is 0 Å². The Kier molecular flexibility index (Phi) is 3.74. The third-order valence-electron chi connectivity index (χ3n) is 2.42. The van der Waals surface area contributed by atoms with Crippen molar-refractivity contribution in [1.82, 2.24) is 0 Å². The van der Waals surface area contributed by atoms with E-state index in [1.165, 1.54) is 12.1 Å². The number of nitrogen functional groups attached to an aromatic ring is 1. The third-order valence-corrected chi connectivity index (χ3v) is 4.02. The molecule has 0 atom stereocenters. The van der Waals surface area contributed by atoms with Gasteiger partial charge in [-0.1, -0.05) is 11.6 Å². The Bertz CT molecular complexity index is 745. The number of nitrogens with one attached hydrogen (secondary N) is 1. The first-order valence-electron chi connectivity index (χ1n) is 5.35. The highest BCUT2D eigenvalue weighted by Gasteiger charge is 2.16. The molecule has 8 heteroatoms. The van der Waals surface area contributed by atoms with Crippen LogP contribution in [-0.4, -0.2) is 13.5 Å². The molecule has 0 spiro atoms. The van der Waals surface area contributed by atoms with Crippen molar-refractivity contribution in [3.05, 3.63) is 47.2 Å². The average Bonchev–Trinajstić information content (AvgIpc) is 2.30. The Balaban J connectivity index is 2.37. The number of benzene rings is 2. The summed E-state index contributed by atoms with van der Waals surface area (Å²) in [6, 6.07) is 6.74. The van der Waals surface area contributed by atoms with Crippen molar-refractivity contribution in [3.63, 3.8) is 0 Å². The SMILES string of the molecule is Nc1cc(S(=O)(=O)Nc2cc(F)cc(Cl)c2)ccc1O. The van der Waals surface area contributed by atoms with Crippen molar-refractivity contribution < 1.29 is 17.9 Å². The second-order valence-electron chi connectivity index (χ2n) is 3.98. The largest absolute Gasteiger partial charge is 0.506 e. The van der Waals surface area contributed by atoms with Crippen LogP contribution in [0.25, 0.3) is 0 Å². The molecule has 0 aliphatic rings. The minimum Gasteiger partial charge on any atom is -0.506 e. The van der Waals surface area contributed by atoms with E-state index in [1.807, 2.05) is 0 Å². The van der Waals surface area contributed by atoms with Gasteiger partial charge in [-0.25, -0.2) is 12.8 Å². The molecule has 0 unspecified atom stereocenters. The van der Waals surface area contributed by atoms with Crippen LogP contribution in [0.1, 0.15) is 0 Å². The lowest BCUT2D eigenvalue weighted by Gasteiger charge is -2.09. The molecule has 0 radical (unpaired) electrons. The van der Waals surface area contributed by atoms with E-state index in [-0.39, 0.29) is 27.0 Å². The molecule has 20 heavy (non-hydrogen) atoms. The summed E-state index contributed by atoms with van der Waals surface area (Å²) in [5, 5.41) is 9.33. The number of phenols is 1. The molecule has 0 amide bonds. The standard InChI is InChI=1S/C12H10ClFN2O3S/c13-7-3-8(14)5-9(4-7)16-20(18,19)10-1-2-12(17)11(15)6-10/h1-6,16-17H,15H2. The normalized spacial score (nSPS) is 11.3. The molecule has 0 aliphatic carbocycles. The highest BCUT2D eigenvalue weighted by atomic mass is 35.5. The molecule has 2 aromatic carbocycles. The Morgan fingerprint density at radius 2 is 1.90 bits per heavy atom. The van der Waals surface area contributed by atoms with Crippen molar-refractivity contribution in [3.8, 4) is 5.75 Å². The Hall–Kier alpha value is -1.99. The van der Waals surface area contributed by atoms with Gasteiger partial charge in [-0.2, -0.15) is 0 Å². The Labute approximate surface area is 119 Å². The van der Waals surface area contributed by atoms with Crippen molar-refractivity contribution >= 4 is 33.0 Å². The van der Waals surface area contributed by atoms with Crippen LogP contribution in [-0.2, 0) is 10.0 Å². The number of aromatic hydroxyl groups is 1. The van der Waals surface area contributed by atoms with Crippen LogP contribution in [0.2, 0.25) is 5.02 Å². The van der Waals surface area contributed by atoms with E-state index in [4.69, 9.17) is 17.3 Å². The van der Waals surface area contributed by atoms with Gasteiger partial charge in [0.2, 0.25) is 0 Å². The van der Waals surface area contributed by atoms with E-state index >= 15 is 0 Å². The molecule has 0 heterocycles. The molecule has 0 aliphatic heterocycles. The molecule has 5 nitrogen and oxygen atoms in total. The lowest BCUT2D eigenvalue weighted by atomic mass is 10.3. The second-order valence-corrected chi connectivity index (χ2v) is 6.10. The van der Waals surface area contributed by atoms with E-state index in [9.17, 15) is 17.9 Å². The molecule has 2 aromatic rings. The van der Waals surface area contributed by atoms with E-state index in [0.717, 1.165) is 24.3 Å². The summed E-state index contributed by atoms with van der Waals surface area (Å²) in [5.74, 6) is -0.891. The van der Waals surface area contributed by atoms with Crippen LogP contribution in [0, 0.1) is 5.82 Å². The molecular weight excluding hydrogens is 307 g/mol. The molecule has 2 rings (SSSR count). The number of rotatable bonds is 3. The average molecular weight is 317 g/mol. The molecule has 0 aromatic heterocycles. The number of nitrogens with two attached hydrogens (primary N) is 1. The topological polar surface area (TPSA) is 92.4 Å². The first-order valence-corrected chi connectivity index (χ1v) is 7.21. The van der Waals surface area contributed by atoms with Gasteiger partial charge in [0.1, 0.15) is 11.6 Å². The van der Waals surface area contributed by atoms with Gasteiger partial charge in [0.05, 0.1) is 16.3 Å². The van der Waals surface area contributed by atoms with Gasteiger partial charge in [0.25, 0.3) is 10.0 Å². The van der Waals surface area contributed by atoms with Crippen LogP contribution in [0.15, 0.2) is 41.3 Å². The lowest BCUT2D eigenvalue weighted by Crippen LogP contribution is -2.13. The summed E-state index contributed by atoms with van der Waals surface area (Å²) >= 11 is 5.64. The van der Waals surface area contributed by atoms with Crippen molar-refractivity contribution in [1.29, 1.82) is 0 Å². The summed E-state index contributed by atoms with van der Waals surface area (Å²) < 4.78 is 39.5. The first-order chi connectivity index (χ1) is 9.28. The number of hydrogen-bond donors (Lipinski definition) is 3. The highest BCUT2D eigenvalue weighted by molar-refractivity contribution is 7.92. The smallest absolute Gasteiger partial charge is 0.261 e. The van der Waals surface area contributed by atoms with Crippen LogP contribution in [0.3, 0.4) is 0 Å². The molecule has 106 valence electrons. The Morgan fingerprint density at radius 1 is 1.20 bits per heavy atom.